The first-order chi connectivity index (χ1) is 9.19. The van der Waals surface area contributed by atoms with Gasteiger partial charge in [0.25, 0.3) is 0 Å². The van der Waals surface area contributed by atoms with Crippen LogP contribution in [0.3, 0.4) is 0 Å². The van der Waals surface area contributed by atoms with Crippen molar-refractivity contribution in [2.45, 2.75) is 24.3 Å². The predicted molar refractivity (Wildman–Crippen MR) is 87.6 cm³/mol. The quantitative estimate of drug-likeness (QED) is 0.794. The summed E-state index contributed by atoms with van der Waals surface area (Å²) in [5, 5.41) is 0. The van der Waals surface area contributed by atoms with Gasteiger partial charge in [0.2, 0.25) is 0 Å². The first kappa shape index (κ1) is 14.6. The highest BCUT2D eigenvalue weighted by molar-refractivity contribution is 9.10. The van der Waals surface area contributed by atoms with Gasteiger partial charge in [0.05, 0.1) is 0 Å². The van der Waals surface area contributed by atoms with Crippen molar-refractivity contribution in [2.24, 2.45) is 5.73 Å². The number of halogens is 1. The fourth-order valence-electron chi connectivity index (χ4n) is 1.88. The Kier molecular flexibility index (Phi) is 5.49. The van der Waals surface area contributed by atoms with Crippen LogP contribution >= 0.6 is 27.7 Å². The van der Waals surface area contributed by atoms with Gasteiger partial charge in [-0.25, -0.2) is 0 Å². The molecule has 2 aromatic rings. The van der Waals surface area contributed by atoms with Crippen molar-refractivity contribution in [3.05, 3.63) is 64.1 Å². The van der Waals surface area contributed by atoms with Gasteiger partial charge >= 0.3 is 0 Å². The maximum atomic E-state index is 6.27. The molecular formula is C16H18BrNS. The Morgan fingerprint density at radius 3 is 2.68 bits per heavy atom. The maximum Gasteiger partial charge on any atom is 0.0390 e. The molecule has 1 nitrogen and oxygen atoms in total. The second-order valence-electron chi connectivity index (χ2n) is 4.47. The molecule has 0 aliphatic heterocycles. The Balaban J connectivity index is 1.99. The van der Waals surface area contributed by atoms with Gasteiger partial charge in [-0.2, -0.15) is 0 Å². The molecule has 0 aliphatic carbocycles. The van der Waals surface area contributed by atoms with Crippen LogP contribution in [0.5, 0.6) is 0 Å². The predicted octanol–water partition coefficient (Wildman–Crippen LogP) is 4.80. The molecule has 0 bridgehead atoms. The number of thioether (sulfide) groups is 1. The molecule has 100 valence electrons. The summed E-state index contributed by atoms with van der Waals surface area (Å²) in [5.74, 6) is 0.892. The summed E-state index contributed by atoms with van der Waals surface area (Å²) in [6, 6.07) is 17.0. The van der Waals surface area contributed by atoms with Crippen molar-refractivity contribution in [1.29, 1.82) is 0 Å². The molecule has 0 fully saturated rings. The van der Waals surface area contributed by atoms with E-state index < -0.39 is 0 Å². The molecule has 0 aliphatic rings. The zero-order chi connectivity index (χ0) is 13.7. The van der Waals surface area contributed by atoms with Gasteiger partial charge in [-0.1, -0.05) is 53.2 Å². The SMILES string of the molecule is CCc1cccc(C(N)CSc2cccc(Br)c2)c1. The highest BCUT2D eigenvalue weighted by atomic mass is 79.9. The van der Waals surface area contributed by atoms with E-state index in [-0.39, 0.29) is 6.04 Å². The van der Waals surface area contributed by atoms with Gasteiger partial charge < -0.3 is 5.73 Å². The van der Waals surface area contributed by atoms with Gasteiger partial charge in [-0.3, -0.25) is 0 Å². The minimum Gasteiger partial charge on any atom is -0.323 e. The van der Waals surface area contributed by atoms with E-state index in [1.165, 1.54) is 16.0 Å². The molecule has 0 spiro atoms. The molecule has 1 atom stereocenters. The fourth-order valence-corrected chi connectivity index (χ4v) is 3.38. The molecule has 19 heavy (non-hydrogen) atoms. The van der Waals surface area contributed by atoms with Crippen molar-refractivity contribution in [1.82, 2.24) is 0 Å². The van der Waals surface area contributed by atoms with E-state index in [2.05, 4.69) is 65.3 Å². The summed E-state index contributed by atoms with van der Waals surface area (Å²) in [6.07, 6.45) is 1.05. The lowest BCUT2D eigenvalue weighted by Crippen LogP contribution is -2.13. The van der Waals surface area contributed by atoms with E-state index >= 15 is 0 Å². The summed E-state index contributed by atoms with van der Waals surface area (Å²) in [4.78, 5) is 1.25. The highest BCUT2D eigenvalue weighted by Crippen LogP contribution is 2.26. The lowest BCUT2D eigenvalue weighted by Gasteiger charge is -2.13. The standard InChI is InChI=1S/C16H18BrNS/c1-2-12-5-3-6-13(9-12)16(18)11-19-15-8-4-7-14(17)10-15/h3-10,16H,2,11,18H2,1H3. The molecule has 0 aromatic heterocycles. The van der Waals surface area contributed by atoms with Crippen molar-refractivity contribution < 1.29 is 0 Å². The summed E-state index contributed by atoms with van der Waals surface area (Å²) in [6.45, 7) is 2.17. The lowest BCUT2D eigenvalue weighted by molar-refractivity contribution is 0.828. The minimum atomic E-state index is 0.0791. The first-order valence-corrected chi connectivity index (χ1v) is 8.19. The number of rotatable bonds is 5. The van der Waals surface area contributed by atoms with Crippen molar-refractivity contribution in [3.63, 3.8) is 0 Å². The number of hydrogen-bond acceptors (Lipinski definition) is 2. The summed E-state index contributed by atoms with van der Waals surface area (Å²) in [5.41, 5.74) is 8.84. The number of hydrogen-bond donors (Lipinski definition) is 1. The Morgan fingerprint density at radius 2 is 1.95 bits per heavy atom. The molecule has 2 rings (SSSR count). The molecule has 0 saturated carbocycles. The molecule has 2 N–H and O–H groups in total. The molecule has 0 radical (unpaired) electrons. The summed E-state index contributed by atoms with van der Waals surface area (Å²) >= 11 is 5.28. The third-order valence-corrected chi connectivity index (χ3v) is 4.62. The lowest BCUT2D eigenvalue weighted by atomic mass is 10.0. The second kappa shape index (κ2) is 7.13. The van der Waals surface area contributed by atoms with Crippen LogP contribution in [0, 0.1) is 0 Å². The summed E-state index contributed by atoms with van der Waals surface area (Å²) < 4.78 is 1.11. The van der Waals surface area contributed by atoms with E-state index in [0.29, 0.717) is 0 Å². The zero-order valence-electron chi connectivity index (χ0n) is 11.0. The van der Waals surface area contributed by atoms with Crippen LogP contribution in [0.4, 0.5) is 0 Å². The zero-order valence-corrected chi connectivity index (χ0v) is 13.4. The molecule has 2 aromatic carbocycles. The Hall–Kier alpha value is -0.770. The maximum absolute atomic E-state index is 6.27. The van der Waals surface area contributed by atoms with E-state index in [1.54, 1.807) is 11.8 Å². The minimum absolute atomic E-state index is 0.0791. The van der Waals surface area contributed by atoms with Crippen LogP contribution in [-0.4, -0.2) is 5.75 Å². The fraction of sp³-hybridized carbons (Fsp3) is 0.250. The molecule has 1 unspecified atom stereocenters. The van der Waals surface area contributed by atoms with Crippen LogP contribution in [0.15, 0.2) is 57.9 Å². The topological polar surface area (TPSA) is 26.0 Å². The summed E-state index contributed by atoms with van der Waals surface area (Å²) in [7, 11) is 0. The Bertz CT molecular complexity index is 542. The van der Waals surface area contributed by atoms with Crippen molar-refractivity contribution in [3.8, 4) is 0 Å². The molecule has 0 amide bonds. The number of nitrogens with two attached hydrogens (primary N) is 1. The first-order valence-electron chi connectivity index (χ1n) is 6.42. The molecule has 0 saturated heterocycles. The smallest absolute Gasteiger partial charge is 0.0390 e. The van der Waals surface area contributed by atoms with Gasteiger partial charge in [0.15, 0.2) is 0 Å². The molecule has 3 heteroatoms. The molecule has 0 heterocycles. The van der Waals surface area contributed by atoms with Crippen molar-refractivity contribution in [2.75, 3.05) is 5.75 Å². The van der Waals surface area contributed by atoms with E-state index in [9.17, 15) is 0 Å². The van der Waals surface area contributed by atoms with Gasteiger partial charge in [0, 0.05) is 21.2 Å². The monoisotopic (exact) mass is 335 g/mol. The van der Waals surface area contributed by atoms with Gasteiger partial charge in [0.1, 0.15) is 0 Å². The van der Waals surface area contributed by atoms with Crippen LogP contribution in [0.2, 0.25) is 0 Å². The van der Waals surface area contributed by atoms with Crippen LogP contribution < -0.4 is 5.73 Å². The number of aryl methyl sites for hydroxylation is 1. The second-order valence-corrected chi connectivity index (χ2v) is 6.48. The van der Waals surface area contributed by atoms with Gasteiger partial charge in [-0.05, 0) is 35.7 Å². The van der Waals surface area contributed by atoms with Crippen LogP contribution in [0.25, 0.3) is 0 Å². The van der Waals surface area contributed by atoms with Crippen molar-refractivity contribution >= 4 is 27.7 Å². The Labute approximate surface area is 127 Å². The largest absolute Gasteiger partial charge is 0.323 e. The van der Waals surface area contributed by atoms with E-state index in [0.717, 1.165) is 16.6 Å². The van der Waals surface area contributed by atoms with E-state index in [4.69, 9.17) is 5.73 Å². The van der Waals surface area contributed by atoms with Gasteiger partial charge in [-0.15, -0.1) is 11.8 Å². The average Bonchev–Trinajstić information content (AvgIpc) is 2.45. The average molecular weight is 336 g/mol. The van der Waals surface area contributed by atoms with E-state index in [1.807, 2.05) is 6.07 Å². The highest BCUT2D eigenvalue weighted by Gasteiger charge is 2.07. The number of benzene rings is 2. The third-order valence-electron chi connectivity index (χ3n) is 3.01. The third kappa shape index (κ3) is 4.37. The van der Waals surface area contributed by atoms with Crippen LogP contribution in [0.1, 0.15) is 24.1 Å². The van der Waals surface area contributed by atoms with Crippen LogP contribution in [-0.2, 0) is 6.42 Å². The normalized spacial score (nSPS) is 12.4. The molecular weight excluding hydrogens is 318 g/mol. The Morgan fingerprint density at radius 1 is 1.16 bits per heavy atom.